The number of aromatic nitrogens is 1. The molecular formula is C11H9F2NOS. The van der Waals surface area contributed by atoms with Crippen molar-refractivity contribution in [2.45, 2.75) is 13.0 Å². The van der Waals surface area contributed by atoms with E-state index in [0.717, 1.165) is 11.3 Å². The van der Waals surface area contributed by atoms with E-state index in [0.29, 0.717) is 5.69 Å². The van der Waals surface area contributed by atoms with E-state index in [1.54, 1.807) is 12.3 Å². The van der Waals surface area contributed by atoms with Crippen LogP contribution in [0.15, 0.2) is 23.6 Å². The molecule has 0 saturated carbocycles. The monoisotopic (exact) mass is 241 g/mol. The molecule has 1 N–H and O–H groups in total. The van der Waals surface area contributed by atoms with Crippen LogP contribution < -0.4 is 0 Å². The maximum Gasteiger partial charge on any atom is 0.136 e. The minimum absolute atomic E-state index is 0.139. The van der Waals surface area contributed by atoms with E-state index in [1.165, 1.54) is 18.2 Å². The fourth-order valence-electron chi connectivity index (χ4n) is 1.29. The van der Waals surface area contributed by atoms with Crippen LogP contribution in [0.1, 0.15) is 18.7 Å². The highest BCUT2D eigenvalue weighted by atomic mass is 32.1. The smallest absolute Gasteiger partial charge is 0.136 e. The molecule has 16 heavy (non-hydrogen) atoms. The number of halogens is 2. The van der Waals surface area contributed by atoms with Gasteiger partial charge in [-0.05, 0) is 19.1 Å². The summed E-state index contributed by atoms with van der Waals surface area (Å²) in [5.41, 5.74) is 0.280. The topological polar surface area (TPSA) is 33.1 Å². The molecule has 0 aliphatic rings. The zero-order chi connectivity index (χ0) is 11.7. The molecule has 1 unspecified atom stereocenters. The summed E-state index contributed by atoms with van der Waals surface area (Å²) in [4.78, 5) is 3.99. The molecule has 0 spiro atoms. The molecule has 84 valence electrons. The number of rotatable bonds is 2. The van der Waals surface area contributed by atoms with Gasteiger partial charge in [0.15, 0.2) is 0 Å². The zero-order valence-electron chi connectivity index (χ0n) is 8.45. The summed E-state index contributed by atoms with van der Waals surface area (Å²) >= 11 is 1.11. The van der Waals surface area contributed by atoms with Crippen LogP contribution in [-0.4, -0.2) is 10.1 Å². The van der Waals surface area contributed by atoms with Gasteiger partial charge in [0.25, 0.3) is 0 Å². The van der Waals surface area contributed by atoms with E-state index in [9.17, 15) is 13.9 Å². The Kier molecular flexibility index (Phi) is 2.98. The number of thiazole rings is 1. The fourth-order valence-corrected chi connectivity index (χ4v) is 2.25. The maximum atomic E-state index is 13.4. The standard InChI is InChI=1S/C11H9F2NOS/c1-6(15)9-5-16-11(14-9)10-7(12)3-2-4-8(10)13/h2-6,15H,1H3. The van der Waals surface area contributed by atoms with E-state index in [4.69, 9.17) is 0 Å². The molecule has 0 bridgehead atoms. The van der Waals surface area contributed by atoms with Gasteiger partial charge in [-0.1, -0.05) is 6.07 Å². The highest BCUT2D eigenvalue weighted by Crippen LogP contribution is 2.30. The normalized spacial score (nSPS) is 12.8. The van der Waals surface area contributed by atoms with Gasteiger partial charge < -0.3 is 5.11 Å². The Morgan fingerprint density at radius 3 is 2.44 bits per heavy atom. The minimum atomic E-state index is -0.736. The van der Waals surface area contributed by atoms with Crippen LogP contribution in [0.2, 0.25) is 0 Å². The Morgan fingerprint density at radius 1 is 1.31 bits per heavy atom. The number of aliphatic hydroxyl groups is 1. The van der Waals surface area contributed by atoms with Crippen molar-refractivity contribution >= 4 is 11.3 Å². The summed E-state index contributed by atoms with van der Waals surface area (Å²) in [6.07, 6.45) is -0.736. The van der Waals surface area contributed by atoms with E-state index in [2.05, 4.69) is 4.98 Å². The predicted octanol–water partition coefficient (Wildman–Crippen LogP) is 3.14. The molecule has 2 nitrogen and oxygen atoms in total. The van der Waals surface area contributed by atoms with Crippen LogP contribution in [-0.2, 0) is 0 Å². The van der Waals surface area contributed by atoms with Crippen LogP contribution in [0.25, 0.3) is 10.6 Å². The molecule has 2 aromatic rings. The van der Waals surface area contributed by atoms with Crippen LogP contribution in [0.5, 0.6) is 0 Å². The molecule has 1 aromatic carbocycles. The first-order chi connectivity index (χ1) is 7.59. The van der Waals surface area contributed by atoms with Crippen LogP contribution >= 0.6 is 11.3 Å². The molecule has 0 aliphatic heterocycles. The third kappa shape index (κ3) is 1.96. The van der Waals surface area contributed by atoms with Crippen LogP contribution in [0, 0.1) is 11.6 Å². The van der Waals surface area contributed by atoms with Crippen molar-refractivity contribution in [3.05, 3.63) is 40.9 Å². The van der Waals surface area contributed by atoms with Gasteiger partial charge in [0, 0.05) is 5.38 Å². The predicted molar refractivity (Wildman–Crippen MR) is 58.1 cm³/mol. The Balaban J connectivity index is 2.50. The SMILES string of the molecule is CC(O)c1csc(-c2c(F)cccc2F)n1. The van der Waals surface area contributed by atoms with E-state index in [-0.39, 0.29) is 10.6 Å². The Hall–Kier alpha value is -1.33. The Labute approximate surface area is 95.2 Å². The summed E-state index contributed by atoms with van der Waals surface area (Å²) in [6.45, 7) is 1.55. The maximum absolute atomic E-state index is 13.4. The lowest BCUT2D eigenvalue weighted by Crippen LogP contribution is -1.93. The molecule has 5 heteroatoms. The highest BCUT2D eigenvalue weighted by Gasteiger charge is 2.15. The lowest BCUT2D eigenvalue weighted by atomic mass is 10.2. The summed E-state index contributed by atoms with van der Waals surface area (Å²) in [5, 5.41) is 11.1. The van der Waals surface area contributed by atoms with Crippen molar-refractivity contribution in [1.82, 2.24) is 4.98 Å². The van der Waals surface area contributed by atoms with E-state index < -0.39 is 17.7 Å². The van der Waals surface area contributed by atoms with Gasteiger partial charge in [0.2, 0.25) is 0 Å². The first-order valence-corrected chi connectivity index (χ1v) is 5.55. The third-order valence-electron chi connectivity index (χ3n) is 2.13. The molecule has 0 aliphatic carbocycles. The number of nitrogens with zero attached hydrogens (tertiary/aromatic N) is 1. The lowest BCUT2D eigenvalue weighted by Gasteiger charge is -2.00. The molecule has 0 radical (unpaired) electrons. The van der Waals surface area contributed by atoms with Gasteiger partial charge in [0.1, 0.15) is 16.6 Å². The van der Waals surface area contributed by atoms with Crippen molar-refractivity contribution in [1.29, 1.82) is 0 Å². The second-order valence-electron chi connectivity index (χ2n) is 3.35. The minimum Gasteiger partial charge on any atom is -0.387 e. The fraction of sp³-hybridized carbons (Fsp3) is 0.182. The molecule has 0 fully saturated rings. The first-order valence-electron chi connectivity index (χ1n) is 4.67. The lowest BCUT2D eigenvalue weighted by molar-refractivity contribution is 0.195. The van der Waals surface area contributed by atoms with E-state index in [1.807, 2.05) is 0 Å². The van der Waals surface area contributed by atoms with Gasteiger partial charge in [0.05, 0.1) is 17.4 Å². The molecule has 0 saturated heterocycles. The number of benzene rings is 1. The molecule has 0 amide bonds. The molecule has 1 heterocycles. The molecular weight excluding hydrogens is 232 g/mol. The van der Waals surface area contributed by atoms with Gasteiger partial charge in [-0.25, -0.2) is 13.8 Å². The number of aliphatic hydroxyl groups excluding tert-OH is 1. The second kappa shape index (κ2) is 4.27. The average Bonchev–Trinajstić information content (AvgIpc) is 2.66. The summed E-state index contributed by atoms with van der Waals surface area (Å²) in [5.74, 6) is -1.29. The molecule has 1 aromatic heterocycles. The summed E-state index contributed by atoms with van der Waals surface area (Å²) in [6, 6.07) is 3.67. The van der Waals surface area contributed by atoms with Gasteiger partial charge in [-0.2, -0.15) is 0 Å². The summed E-state index contributed by atoms with van der Waals surface area (Å²) in [7, 11) is 0. The molecule has 1 atom stereocenters. The van der Waals surface area contributed by atoms with Crippen LogP contribution in [0.4, 0.5) is 8.78 Å². The van der Waals surface area contributed by atoms with Gasteiger partial charge in [-0.15, -0.1) is 11.3 Å². The van der Waals surface area contributed by atoms with Crippen molar-refractivity contribution in [2.75, 3.05) is 0 Å². The summed E-state index contributed by atoms with van der Waals surface area (Å²) < 4.78 is 26.8. The first kappa shape index (κ1) is 11.2. The van der Waals surface area contributed by atoms with Crippen molar-refractivity contribution < 1.29 is 13.9 Å². The second-order valence-corrected chi connectivity index (χ2v) is 4.21. The molecule has 2 rings (SSSR count). The third-order valence-corrected chi connectivity index (χ3v) is 3.00. The van der Waals surface area contributed by atoms with Crippen molar-refractivity contribution in [2.24, 2.45) is 0 Å². The van der Waals surface area contributed by atoms with Gasteiger partial charge in [-0.3, -0.25) is 0 Å². The zero-order valence-corrected chi connectivity index (χ0v) is 9.26. The average molecular weight is 241 g/mol. The number of hydrogen-bond donors (Lipinski definition) is 1. The van der Waals surface area contributed by atoms with Crippen molar-refractivity contribution in [3.63, 3.8) is 0 Å². The van der Waals surface area contributed by atoms with Crippen LogP contribution in [0.3, 0.4) is 0 Å². The highest BCUT2D eigenvalue weighted by molar-refractivity contribution is 7.13. The Bertz CT molecular complexity index is 490. The van der Waals surface area contributed by atoms with Crippen molar-refractivity contribution in [3.8, 4) is 10.6 Å². The largest absolute Gasteiger partial charge is 0.387 e. The van der Waals surface area contributed by atoms with Gasteiger partial charge >= 0.3 is 0 Å². The number of hydrogen-bond acceptors (Lipinski definition) is 3. The Morgan fingerprint density at radius 2 is 1.94 bits per heavy atom. The van der Waals surface area contributed by atoms with E-state index >= 15 is 0 Å². The quantitative estimate of drug-likeness (QED) is 0.876.